The van der Waals surface area contributed by atoms with Crippen LogP contribution in [0, 0.1) is 0 Å². The van der Waals surface area contributed by atoms with Gasteiger partial charge in [-0.15, -0.1) is 0 Å². The van der Waals surface area contributed by atoms with E-state index in [0.29, 0.717) is 6.10 Å². The van der Waals surface area contributed by atoms with Gasteiger partial charge in [-0.2, -0.15) is 0 Å². The van der Waals surface area contributed by atoms with Crippen LogP contribution in [0.3, 0.4) is 0 Å². The fourth-order valence-corrected chi connectivity index (χ4v) is 2.94. The van der Waals surface area contributed by atoms with E-state index in [1.165, 1.54) is 44.3 Å². The molecule has 1 aromatic carbocycles. The molecule has 0 bridgehead atoms. The summed E-state index contributed by atoms with van der Waals surface area (Å²) in [5.74, 6) is 0. The largest absolute Gasteiger partial charge is 0.378 e. The summed E-state index contributed by atoms with van der Waals surface area (Å²) in [6.07, 6.45) is 5.48. The van der Waals surface area contributed by atoms with E-state index in [4.69, 9.17) is 4.74 Å². The van der Waals surface area contributed by atoms with Crippen LogP contribution in [-0.2, 0) is 17.7 Å². The molecule has 1 saturated heterocycles. The lowest BCUT2D eigenvalue weighted by molar-refractivity contribution is 0.0900. The van der Waals surface area contributed by atoms with Crippen LogP contribution in [0.2, 0.25) is 0 Å². The smallest absolute Gasteiger partial charge is 0.0588 e. The molecule has 2 aliphatic heterocycles. The van der Waals surface area contributed by atoms with Crippen molar-refractivity contribution in [3.63, 3.8) is 0 Å². The first-order chi connectivity index (χ1) is 8.42. The topological polar surface area (TPSA) is 12.5 Å². The molecule has 0 radical (unpaired) electrons. The molecule has 1 atom stereocenters. The molecular weight excluding hydrogens is 210 g/mol. The lowest BCUT2D eigenvalue weighted by atomic mass is 9.99. The van der Waals surface area contributed by atoms with Crippen molar-refractivity contribution >= 4 is 0 Å². The van der Waals surface area contributed by atoms with Crippen LogP contribution < -0.4 is 0 Å². The lowest BCUT2D eigenvalue weighted by Gasteiger charge is -2.29. The fourth-order valence-electron chi connectivity index (χ4n) is 2.94. The van der Waals surface area contributed by atoms with Gasteiger partial charge >= 0.3 is 0 Å². The van der Waals surface area contributed by atoms with Crippen molar-refractivity contribution in [1.29, 1.82) is 0 Å². The van der Waals surface area contributed by atoms with Crippen molar-refractivity contribution in [2.75, 3.05) is 19.7 Å². The summed E-state index contributed by atoms with van der Waals surface area (Å²) in [5.41, 5.74) is 3.06. The van der Waals surface area contributed by atoms with Gasteiger partial charge in [0.15, 0.2) is 0 Å². The van der Waals surface area contributed by atoms with Gasteiger partial charge in [0.2, 0.25) is 0 Å². The zero-order valence-corrected chi connectivity index (χ0v) is 10.4. The second kappa shape index (κ2) is 5.19. The third-order valence-corrected chi connectivity index (χ3v) is 4.00. The summed E-state index contributed by atoms with van der Waals surface area (Å²) >= 11 is 0. The van der Waals surface area contributed by atoms with E-state index in [0.717, 1.165) is 13.2 Å². The molecule has 1 unspecified atom stereocenters. The minimum atomic E-state index is 0.534. The molecular formula is C15H21NO. The van der Waals surface area contributed by atoms with Gasteiger partial charge in [-0.25, -0.2) is 0 Å². The summed E-state index contributed by atoms with van der Waals surface area (Å²) in [4.78, 5) is 2.57. The molecule has 92 valence electrons. The number of hydrogen-bond donors (Lipinski definition) is 0. The maximum Gasteiger partial charge on any atom is 0.0588 e. The van der Waals surface area contributed by atoms with Crippen molar-refractivity contribution in [1.82, 2.24) is 4.90 Å². The SMILES string of the molecule is c1ccc2c(c1)CCN(CCC1CCCO1)C2. The number of hydrogen-bond acceptors (Lipinski definition) is 2. The molecule has 0 spiro atoms. The predicted molar refractivity (Wildman–Crippen MR) is 69.0 cm³/mol. The van der Waals surface area contributed by atoms with Crippen molar-refractivity contribution in [3.05, 3.63) is 35.4 Å². The Kier molecular flexibility index (Phi) is 3.44. The molecule has 2 heteroatoms. The highest BCUT2D eigenvalue weighted by Crippen LogP contribution is 2.20. The molecule has 0 N–H and O–H groups in total. The highest BCUT2D eigenvalue weighted by Gasteiger charge is 2.19. The Morgan fingerprint density at radius 2 is 2.12 bits per heavy atom. The zero-order valence-electron chi connectivity index (χ0n) is 10.4. The van der Waals surface area contributed by atoms with Crippen molar-refractivity contribution in [2.24, 2.45) is 0 Å². The minimum Gasteiger partial charge on any atom is -0.378 e. The van der Waals surface area contributed by atoms with Crippen molar-refractivity contribution < 1.29 is 4.74 Å². The zero-order chi connectivity index (χ0) is 11.5. The van der Waals surface area contributed by atoms with Crippen LogP contribution in [0.25, 0.3) is 0 Å². The van der Waals surface area contributed by atoms with Gasteiger partial charge in [0.25, 0.3) is 0 Å². The molecule has 2 heterocycles. The molecule has 3 rings (SSSR count). The Balaban J connectivity index is 1.53. The predicted octanol–water partition coefficient (Wildman–Crippen LogP) is 2.61. The quantitative estimate of drug-likeness (QED) is 0.793. The summed E-state index contributed by atoms with van der Waals surface area (Å²) < 4.78 is 5.69. The summed E-state index contributed by atoms with van der Waals surface area (Å²) in [6, 6.07) is 8.85. The maximum absolute atomic E-state index is 5.69. The van der Waals surface area contributed by atoms with Gasteiger partial charge in [-0.3, -0.25) is 4.90 Å². The molecule has 17 heavy (non-hydrogen) atoms. The highest BCUT2D eigenvalue weighted by atomic mass is 16.5. The first kappa shape index (κ1) is 11.2. The maximum atomic E-state index is 5.69. The number of fused-ring (bicyclic) bond motifs is 1. The Morgan fingerprint density at radius 1 is 1.24 bits per heavy atom. The number of rotatable bonds is 3. The molecule has 0 amide bonds. The molecule has 0 saturated carbocycles. The van der Waals surface area contributed by atoms with E-state index < -0.39 is 0 Å². The van der Waals surface area contributed by atoms with E-state index in [1.54, 1.807) is 5.56 Å². The lowest BCUT2D eigenvalue weighted by Crippen LogP contribution is -2.32. The summed E-state index contributed by atoms with van der Waals surface area (Å²) in [5, 5.41) is 0. The van der Waals surface area contributed by atoms with Gasteiger partial charge < -0.3 is 4.74 Å². The fraction of sp³-hybridized carbons (Fsp3) is 0.600. The van der Waals surface area contributed by atoms with E-state index in [-0.39, 0.29) is 0 Å². The van der Waals surface area contributed by atoms with Crippen molar-refractivity contribution in [2.45, 2.75) is 38.3 Å². The number of nitrogens with zero attached hydrogens (tertiary/aromatic N) is 1. The van der Waals surface area contributed by atoms with E-state index in [2.05, 4.69) is 29.2 Å². The number of ether oxygens (including phenoxy) is 1. The van der Waals surface area contributed by atoms with Crippen LogP contribution >= 0.6 is 0 Å². The standard InChI is InChI=1S/C15H21NO/c1-2-5-14-12-16(9-7-13(14)4-1)10-8-15-6-3-11-17-15/h1-2,4-5,15H,3,6-12H2. The van der Waals surface area contributed by atoms with Gasteiger partial charge in [0, 0.05) is 26.2 Å². The van der Waals surface area contributed by atoms with Crippen LogP contribution in [0.4, 0.5) is 0 Å². The number of benzene rings is 1. The Bertz CT molecular complexity index is 371. The third-order valence-electron chi connectivity index (χ3n) is 4.00. The second-order valence-electron chi connectivity index (χ2n) is 5.22. The van der Waals surface area contributed by atoms with Gasteiger partial charge in [-0.05, 0) is 36.8 Å². The summed E-state index contributed by atoms with van der Waals surface area (Å²) in [6.45, 7) is 4.51. The summed E-state index contributed by atoms with van der Waals surface area (Å²) in [7, 11) is 0. The minimum absolute atomic E-state index is 0.534. The first-order valence-electron chi connectivity index (χ1n) is 6.82. The average molecular weight is 231 g/mol. The van der Waals surface area contributed by atoms with Gasteiger partial charge in [-0.1, -0.05) is 24.3 Å². The normalized spacial score (nSPS) is 24.8. The van der Waals surface area contributed by atoms with Gasteiger partial charge in [0.05, 0.1) is 6.10 Å². The van der Waals surface area contributed by atoms with E-state index >= 15 is 0 Å². The van der Waals surface area contributed by atoms with Gasteiger partial charge in [0.1, 0.15) is 0 Å². The van der Waals surface area contributed by atoms with Crippen LogP contribution in [-0.4, -0.2) is 30.7 Å². The Labute approximate surface area is 104 Å². The van der Waals surface area contributed by atoms with Crippen LogP contribution in [0.5, 0.6) is 0 Å². The molecule has 2 aliphatic rings. The first-order valence-corrected chi connectivity index (χ1v) is 6.82. The van der Waals surface area contributed by atoms with Crippen molar-refractivity contribution in [3.8, 4) is 0 Å². The average Bonchev–Trinajstić information content (AvgIpc) is 2.89. The highest BCUT2D eigenvalue weighted by molar-refractivity contribution is 5.28. The molecule has 1 aromatic rings. The molecule has 2 nitrogen and oxygen atoms in total. The van der Waals surface area contributed by atoms with E-state index in [9.17, 15) is 0 Å². The van der Waals surface area contributed by atoms with E-state index in [1.807, 2.05) is 0 Å². The molecule has 0 aliphatic carbocycles. The second-order valence-corrected chi connectivity index (χ2v) is 5.22. The van der Waals surface area contributed by atoms with Crippen LogP contribution in [0.15, 0.2) is 24.3 Å². The monoisotopic (exact) mass is 231 g/mol. The Hall–Kier alpha value is -0.860. The molecule has 0 aromatic heterocycles. The van der Waals surface area contributed by atoms with Crippen LogP contribution in [0.1, 0.15) is 30.4 Å². The Morgan fingerprint density at radius 3 is 2.94 bits per heavy atom. The third kappa shape index (κ3) is 2.70. The molecule has 1 fully saturated rings.